The standard InChI is InChI=1S/C6H10N2O2S/c1-9-4-2-3-5-7-8-6(11)10-5/h2-4H2,1H3,(H,8,11). The van der Waals surface area contributed by atoms with Crippen molar-refractivity contribution in [3.63, 3.8) is 0 Å². The molecule has 0 unspecified atom stereocenters. The Morgan fingerprint density at radius 2 is 2.55 bits per heavy atom. The van der Waals surface area contributed by atoms with Gasteiger partial charge in [0.05, 0.1) is 0 Å². The first-order valence-electron chi connectivity index (χ1n) is 3.36. The van der Waals surface area contributed by atoms with Gasteiger partial charge in [0.25, 0.3) is 4.84 Å². The van der Waals surface area contributed by atoms with E-state index in [0.717, 1.165) is 19.4 Å². The molecule has 1 aromatic rings. The summed E-state index contributed by atoms with van der Waals surface area (Å²) in [5, 5.41) is 6.39. The first kappa shape index (κ1) is 8.42. The van der Waals surface area contributed by atoms with Crippen LogP contribution in [0.15, 0.2) is 4.42 Å². The molecule has 1 aromatic heterocycles. The number of aromatic nitrogens is 2. The van der Waals surface area contributed by atoms with Crippen LogP contribution < -0.4 is 0 Å². The number of rotatable bonds is 4. The zero-order chi connectivity index (χ0) is 8.10. The average molecular weight is 174 g/mol. The molecule has 0 radical (unpaired) electrons. The summed E-state index contributed by atoms with van der Waals surface area (Å²) in [5.41, 5.74) is 0. The molecule has 1 N–H and O–H groups in total. The van der Waals surface area contributed by atoms with Crippen LogP contribution in [0.1, 0.15) is 12.3 Å². The molecule has 0 aliphatic carbocycles. The lowest BCUT2D eigenvalue weighted by Gasteiger charge is -1.92. The van der Waals surface area contributed by atoms with Gasteiger partial charge in [-0.05, 0) is 18.6 Å². The van der Waals surface area contributed by atoms with Crippen molar-refractivity contribution in [2.75, 3.05) is 13.7 Å². The predicted molar refractivity (Wildman–Crippen MR) is 41.9 cm³/mol. The van der Waals surface area contributed by atoms with E-state index in [1.54, 1.807) is 7.11 Å². The highest BCUT2D eigenvalue weighted by Gasteiger charge is 1.97. The summed E-state index contributed by atoms with van der Waals surface area (Å²) in [7, 11) is 1.67. The fourth-order valence-electron chi connectivity index (χ4n) is 0.735. The summed E-state index contributed by atoms with van der Waals surface area (Å²) >= 11 is 4.70. The Labute approximate surface area is 69.6 Å². The van der Waals surface area contributed by atoms with E-state index in [1.807, 2.05) is 0 Å². The minimum Gasteiger partial charge on any atom is -0.414 e. The topological polar surface area (TPSA) is 51.0 Å². The molecule has 0 aliphatic rings. The largest absolute Gasteiger partial charge is 0.414 e. The summed E-state index contributed by atoms with van der Waals surface area (Å²) in [6, 6.07) is 0. The zero-order valence-electron chi connectivity index (χ0n) is 6.29. The van der Waals surface area contributed by atoms with Crippen molar-refractivity contribution in [1.82, 2.24) is 10.2 Å². The van der Waals surface area contributed by atoms with Crippen LogP contribution in [0.5, 0.6) is 0 Å². The molecule has 4 nitrogen and oxygen atoms in total. The van der Waals surface area contributed by atoms with Gasteiger partial charge in [-0.15, -0.1) is 5.10 Å². The molecule has 1 heterocycles. The van der Waals surface area contributed by atoms with Crippen LogP contribution >= 0.6 is 12.2 Å². The molecule has 1 rings (SSSR count). The Bertz CT molecular complexity index is 255. The molecule has 11 heavy (non-hydrogen) atoms. The second kappa shape index (κ2) is 4.25. The van der Waals surface area contributed by atoms with Gasteiger partial charge in [-0.25, -0.2) is 5.10 Å². The lowest BCUT2D eigenvalue weighted by atomic mass is 10.3. The van der Waals surface area contributed by atoms with Gasteiger partial charge in [0.15, 0.2) is 0 Å². The molecule has 62 valence electrons. The summed E-state index contributed by atoms with van der Waals surface area (Å²) in [5.74, 6) is 0.645. The number of hydrogen-bond donors (Lipinski definition) is 1. The number of nitrogens with one attached hydrogen (secondary N) is 1. The fraction of sp³-hybridized carbons (Fsp3) is 0.667. The summed E-state index contributed by atoms with van der Waals surface area (Å²) in [6.07, 6.45) is 1.67. The molecule has 0 amide bonds. The van der Waals surface area contributed by atoms with Crippen LogP contribution in [0.2, 0.25) is 0 Å². The smallest absolute Gasteiger partial charge is 0.284 e. The fourth-order valence-corrected chi connectivity index (χ4v) is 0.877. The summed E-state index contributed by atoms with van der Waals surface area (Å²) in [6.45, 7) is 0.717. The zero-order valence-corrected chi connectivity index (χ0v) is 7.11. The molecule has 0 fully saturated rings. The average Bonchev–Trinajstić information content (AvgIpc) is 2.37. The molecule has 0 spiro atoms. The van der Waals surface area contributed by atoms with E-state index in [-0.39, 0.29) is 0 Å². The van der Waals surface area contributed by atoms with E-state index in [9.17, 15) is 0 Å². The van der Waals surface area contributed by atoms with Crippen LogP contribution in [0.3, 0.4) is 0 Å². The predicted octanol–water partition coefficient (Wildman–Crippen LogP) is 1.31. The van der Waals surface area contributed by atoms with Crippen LogP contribution in [0, 0.1) is 4.84 Å². The molecule has 0 saturated heterocycles. The van der Waals surface area contributed by atoms with Crippen molar-refractivity contribution in [3.05, 3.63) is 10.7 Å². The second-order valence-corrected chi connectivity index (χ2v) is 2.47. The number of H-pyrrole nitrogens is 1. The van der Waals surface area contributed by atoms with Gasteiger partial charge in [0.1, 0.15) is 0 Å². The van der Waals surface area contributed by atoms with Crippen molar-refractivity contribution in [3.8, 4) is 0 Å². The first-order valence-corrected chi connectivity index (χ1v) is 3.77. The lowest BCUT2D eigenvalue weighted by Crippen LogP contribution is -1.92. The van der Waals surface area contributed by atoms with Gasteiger partial charge in [0, 0.05) is 20.1 Å². The Morgan fingerprint density at radius 1 is 1.73 bits per heavy atom. The molecule has 0 aromatic carbocycles. The third-order valence-corrected chi connectivity index (χ3v) is 1.40. The van der Waals surface area contributed by atoms with Crippen molar-refractivity contribution in [2.45, 2.75) is 12.8 Å². The van der Waals surface area contributed by atoms with E-state index in [0.29, 0.717) is 10.7 Å². The maximum absolute atomic E-state index is 5.02. The Kier molecular flexibility index (Phi) is 3.25. The molecule has 0 saturated carbocycles. The number of nitrogens with zero attached hydrogens (tertiary/aromatic N) is 1. The third kappa shape index (κ3) is 2.81. The van der Waals surface area contributed by atoms with Gasteiger partial charge in [0.2, 0.25) is 5.89 Å². The number of aryl methyl sites for hydroxylation is 1. The van der Waals surface area contributed by atoms with Crippen LogP contribution in [0.4, 0.5) is 0 Å². The highest BCUT2D eigenvalue weighted by atomic mass is 32.1. The minimum absolute atomic E-state index is 0.331. The van der Waals surface area contributed by atoms with Gasteiger partial charge < -0.3 is 9.15 Å². The number of aromatic amines is 1. The monoisotopic (exact) mass is 174 g/mol. The van der Waals surface area contributed by atoms with Gasteiger partial charge in [-0.2, -0.15) is 0 Å². The number of hydrogen-bond acceptors (Lipinski definition) is 4. The second-order valence-electron chi connectivity index (χ2n) is 2.10. The van der Waals surface area contributed by atoms with Gasteiger partial charge in [-0.1, -0.05) is 0 Å². The van der Waals surface area contributed by atoms with Gasteiger partial charge >= 0.3 is 0 Å². The van der Waals surface area contributed by atoms with Crippen LogP contribution in [-0.2, 0) is 11.2 Å². The Morgan fingerprint density at radius 3 is 3.09 bits per heavy atom. The highest BCUT2D eigenvalue weighted by molar-refractivity contribution is 7.71. The van der Waals surface area contributed by atoms with Crippen molar-refractivity contribution in [1.29, 1.82) is 0 Å². The van der Waals surface area contributed by atoms with E-state index in [2.05, 4.69) is 10.2 Å². The molecular formula is C6H10N2O2S. The van der Waals surface area contributed by atoms with Crippen LogP contribution in [-0.4, -0.2) is 23.9 Å². The molecule has 0 aliphatic heterocycles. The van der Waals surface area contributed by atoms with E-state index >= 15 is 0 Å². The molecule has 5 heteroatoms. The van der Waals surface area contributed by atoms with E-state index < -0.39 is 0 Å². The van der Waals surface area contributed by atoms with Gasteiger partial charge in [-0.3, -0.25) is 0 Å². The Hall–Kier alpha value is -0.680. The lowest BCUT2D eigenvalue weighted by molar-refractivity contribution is 0.193. The Balaban J connectivity index is 2.33. The van der Waals surface area contributed by atoms with Crippen LogP contribution in [0.25, 0.3) is 0 Å². The summed E-state index contributed by atoms with van der Waals surface area (Å²) < 4.78 is 9.89. The third-order valence-electron chi connectivity index (χ3n) is 1.22. The first-order chi connectivity index (χ1) is 5.33. The SMILES string of the molecule is COCCCc1n[nH]c(=S)o1. The molecular weight excluding hydrogens is 164 g/mol. The minimum atomic E-state index is 0.331. The maximum atomic E-state index is 5.02. The number of ether oxygens (including phenoxy) is 1. The van der Waals surface area contributed by atoms with E-state index in [4.69, 9.17) is 21.4 Å². The quantitative estimate of drug-likeness (QED) is 0.552. The maximum Gasteiger partial charge on any atom is 0.284 e. The highest BCUT2D eigenvalue weighted by Crippen LogP contribution is 1.98. The molecule has 0 atom stereocenters. The molecule has 0 bridgehead atoms. The van der Waals surface area contributed by atoms with Crippen molar-refractivity contribution < 1.29 is 9.15 Å². The normalized spacial score (nSPS) is 10.3. The van der Waals surface area contributed by atoms with E-state index in [1.165, 1.54) is 0 Å². The van der Waals surface area contributed by atoms with Crippen molar-refractivity contribution >= 4 is 12.2 Å². The van der Waals surface area contributed by atoms with Crippen molar-refractivity contribution in [2.24, 2.45) is 0 Å². The number of methoxy groups -OCH3 is 1. The summed E-state index contributed by atoms with van der Waals surface area (Å²) in [4.78, 5) is 0.331.